The van der Waals surface area contributed by atoms with E-state index in [0.717, 1.165) is 44.3 Å². The van der Waals surface area contributed by atoms with E-state index in [1.54, 1.807) is 6.20 Å². The molecule has 7 nitrogen and oxygen atoms in total. The molecule has 28 heavy (non-hydrogen) atoms. The zero-order valence-corrected chi connectivity index (χ0v) is 16.9. The number of hydrogen-bond donors (Lipinski definition) is 2. The predicted octanol–water partition coefficient (Wildman–Crippen LogP) is 3.00. The smallest absolute Gasteiger partial charge is 0.407 e. The van der Waals surface area contributed by atoms with Crippen LogP contribution in [-0.4, -0.2) is 46.8 Å². The number of anilines is 1. The molecule has 2 aliphatic heterocycles. The molecule has 1 saturated carbocycles. The molecule has 2 bridgehead atoms. The summed E-state index contributed by atoms with van der Waals surface area (Å²) in [5.41, 5.74) is 0.130. The fourth-order valence-corrected chi connectivity index (χ4v) is 4.31. The molecule has 152 valence electrons. The number of hydrogen-bond acceptors (Lipinski definition) is 5. The predicted molar refractivity (Wildman–Crippen MR) is 106 cm³/mol. The van der Waals surface area contributed by atoms with Crippen molar-refractivity contribution in [1.29, 1.82) is 0 Å². The number of fused-ring (bicyclic) bond motifs is 2. The number of piperidine rings is 1. The first-order chi connectivity index (χ1) is 13.3. The van der Waals surface area contributed by atoms with Crippen LogP contribution in [0, 0.1) is 0 Å². The third-order valence-electron chi connectivity index (χ3n) is 5.64. The molecular weight excluding hydrogens is 356 g/mol. The Labute approximate surface area is 166 Å². The van der Waals surface area contributed by atoms with E-state index in [9.17, 15) is 9.59 Å². The lowest BCUT2D eigenvalue weighted by Gasteiger charge is -2.40. The first kappa shape index (κ1) is 19.0. The van der Waals surface area contributed by atoms with Gasteiger partial charge in [0.25, 0.3) is 5.91 Å². The molecule has 2 N–H and O–H groups in total. The fourth-order valence-electron chi connectivity index (χ4n) is 4.31. The zero-order valence-electron chi connectivity index (χ0n) is 16.9. The Bertz CT molecular complexity index is 725. The van der Waals surface area contributed by atoms with Gasteiger partial charge >= 0.3 is 6.09 Å². The molecule has 0 unspecified atom stereocenters. The highest BCUT2D eigenvalue weighted by Crippen LogP contribution is 2.38. The van der Waals surface area contributed by atoms with Crippen molar-refractivity contribution in [3.05, 3.63) is 23.9 Å². The van der Waals surface area contributed by atoms with E-state index in [0.29, 0.717) is 23.7 Å². The van der Waals surface area contributed by atoms with Gasteiger partial charge in [0.15, 0.2) is 0 Å². The monoisotopic (exact) mass is 386 g/mol. The van der Waals surface area contributed by atoms with Crippen LogP contribution >= 0.6 is 0 Å². The largest absolute Gasteiger partial charge is 0.444 e. The van der Waals surface area contributed by atoms with E-state index < -0.39 is 5.60 Å². The van der Waals surface area contributed by atoms with Crippen LogP contribution in [0.2, 0.25) is 0 Å². The fraction of sp³-hybridized carbons (Fsp3) is 0.667. The molecule has 1 aliphatic carbocycles. The molecule has 0 spiro atoms. The molecular formula is C21H30N4O3. The van der Waals surface area contributed by atoms with Gasteiger partial charge < -0.3 is 20.3 Å². The highest BCUT2D eigenvalue weighted by atomic mass is 16.6. The molecule has 0 aromatic carbocycles. The number of pyridine rings is 1. The summed E-state index contributed by atoms with van der Waals surface area (Å²) in [6.07, 6.45) is 7.47. The zero-order chi connectivity index (χ0) is 19.9. The lowest BCUT2D eigenvalue weighted by Crippen LogP contribution is -2.51. The molecule has 3 atom stereocenters. The van der Waals surface area contributed by atoms with Crippen molar-refractivity contribution >= 4 is 17.8 Å². The summed E-state index contributed by atoms with van der Waals surface area (Å²) in [4.78, 5) is 31.2. The number of aromatic nitrogens is 1. The van der Waals surface area contributed by atoms with Crippen molar-refractivity contribution in [3.8, 4) is 0 Å². The Morgan fingerprint density at radius 1 is 1.04 bits per heavy atom. The van der Waals surface area contributed by atoms with Crippen LogP contribution in [0.15, 0.2) is 18.3 Å². The minimum absolute atomic E-state index is 0.0372. The maximum atomic E-state index is 12.2. The SMILES string of the molecule is CC(C)(C)OC(=O)N[C@H]1C[C@H]2CC[C@@H](C1)N2c1ccc(C(=O)NC2CC2)cn1. The van der Waals surface area contributed by atoms with Gasteiger partial charge in [-0.3, -0.25) is 4.79 Å². The van der Waals surface area contributed by atoms with Gasteiger partial charge in [-0.05, 0) is 71.4 Å². The number of nitrogens with zero attached hydrogens (tertiary/aromatic N) is 2. The minimum atomic E-state index is -0.485. The third-order valence-corrected chi connectivity index (χ3v) is 5.64. The van der Waals surface area contributed by atoms with Crippen molar-refractivity contribution < 1.29 is 14.3 Å². The Morgan fingerprint density at radius 2 is 1.71 bits per heavy atom. The van der Waals surface area contributed by atoms with E-state index in [4.69, 9.17) is 4.74 Å². The molecule has 0 radical (unpaired) electrons. The van der Waals surface area contributed by atoms with Crippen LogP contribution in [0.4, 0.5) is 10.6 Å². The first-order valence-electron chi connectivity index (χ1n) is 10.3. The average Bonchev–Trinajstić information content (AvgIpc) is 3.37. The Balaban J connectivity index is 1.37. The summed E-state index contributed by atoms with van der Waals surface area (Å²) < 4.78 is 5.40. The molecule has 7 heteroatoms. The van der Waals surface area contributed by atoms with Gasteiger partial charge in [-0.1, -0.05) is 0 Å². The van der Waals surface area contributed by atoms with Crippen LogP contribution in [-0.2, 0) is 4.74 Å². The van der Waals surface area contributed by atoms with Crippen molar-refractivity contribution in [2.45, 2.75) is 89.1 Å². The Hall–Kier alpha value is -2.31. The summed E-state index contributed by atoms with van der Waals surface area (Å²) in [5.74, 6) is 0.885. The van der Waals surface area contributed by atoms with Crippen molar-refractivity contribution in [2.75, 3.05) is 4.90 Å². The van der Waals surface area contributed by atoms with E-state index in [1.165, 1.54) is 0 Å². The number of amides is 2. The highest BCUT2D eigenvalue weighted by Gasteiger charge is 2.42. The van der Waals surface area contributed by atoms with Gasteiger partial charge in [0.1, 0.15) is 11.4 Å². The number of alkyl carbamates (subject to hydrolysis) is 1. The van der Waals surface area contributed by atoms with Gasteiger partial charge in [-0.15, -0.1) is 0 Å². The van der Waals surface area contributed by atoms with E-state index in [2.05, 4.69) is 20.5 Å². The van der Waals surface area contributed by atoms with Gasteiger partial charge in [-0.25, -0.2) is 9.78 Å². The lowest BCUT2D eigenvalue weighted by atomic mass is 9.97. The van der Waals surface area contributed by atoms with Gasteiger partial charge in [0.05, 0.1) is 5.56 Å². The number of ether oxygens (including phenoxy) is 1. The average molecular weight is 386 g/mol. The Morgan fingerprint density at radius 3 is 2.25 bits per heavy atom. The summed E-state index contributed by atoms with van der Waals surface area (Å²) in [6, 6.07) is 5.01. The molecule has 2 amide bonds. The normalized spacial score (nSPS) is 26.7. The lowest BCUT2D eigenvalue weighted by molar-refractivity contribution is 0.0492. The number of rotatable bonds is 4. The molecule has 1 aromatic heterocycles. The standard InChI is InChI=1S/C21H30N4O3/c1-21(2,3)28-20(27)24-15-10-16-7-8-17(11-15)25(16)18-9-4-13(12-22-18)19(26)23-14-5-6-14/h4,9,12,14-17H,5-8,10-11H2,1-3H3,(H,23,26)(H,24,27)/t15-,16+,17-. The molecule has 3 fully saturated rings. The maximum Gasteiger partial charge on any atom is 0.407 e. The molecule has 2 saturated heterocycles. The summed E-state index contributed by atoms with van der Waals surface area (Å²) in [7, 11) is 0. The molecule has 3 aliphatic rings. The Kier molecular flexibility index (Phi) is 4.93. The van der Waals surface area contributed by atoms with E-state index in [-0.39, 0.29) is 18.0 Å². The van der Waals surface area contributed by atoms with Crippen molar-refractivity contribution in [1.82, 2.24) is 15.6 Å². The first-order valence-corrected chi connectivity index (χ1v) is 10.3. The van der Waals surface area contributed by atoms with Gasteiger partial charge in [0, 0.05) is 30.4 Å². The van der Waals surface area contributed by atoms with Gasteiger partial charge in [-0.2, -0.15) is 0 Å². The van der Waals surface area contributed by atoms with E-state index in [1.807, 2.05) is 32.9 Å². The van der Waals surface area contributed by atoms with Gasteiger partial charge in [0.2, 0.25) is 0 Å². The topological polar surface area (TPSA) is 83.6 Å². The second-order valence-electron chi connectivity index (χ2n) is 9.26. The van der Waals surface area contributed by atoms with Crippen LogP contribution in [0.25, 0.3) is 0 Å². The summed E-state index contributed by atoms with van der Waals surface area (Å²) >= 11 is 0. The van der Waals surface area contributed by atoms with Crippen LogP contribution in [0.5, 0.6) is 0 Å². The number of carbonyl (C=O) groups is 2. The number of carbonyl (C=O) groups excluding carboxylic acids is 2. The van der Waals surface area contributed by atoms with Crippen LogP contribution in [0.1, 0.15) is 69.7 Å². The summed E-state index contributed by atoms with van der Waals surface area (Å²) in [6.45, 7) is 5.62. The molecule has 3 heterocycles. The maximum absolute atomic E-state index is 12.2. The summed E-state index contributed by atoms with van der Waals surface area (Å²) in [5, 5.41) is 6.03. The molecule has 1 aromatic rings. The van der Waals surface area contributed by atoms with Crippen molar-refractivity contribution in [2.24, 2.45) is 0 Å². The third kappa shape index (κ3) is 4.39. The number of nitrogens with one attached hydrogen (secondary N) is 2. The quantitative estimate of drug-likeness (QED) is 0.831. The van der Waals surface area contributed by atoms with E-state index >= 15 is 0 Å². The highest BCUT2D eigenvalue weighted by molar-refractivity contribution is 5.94. The van der Waals surface area contributed by atoms with Crippen LogP contribution in [0.3, 0.4) is 0 Å². The second-order valence-corrected chi connectivity index (χ2v) is 9.26. The second kappa shape index (κ2) is 7.26. The minimum Gasteiger partial charge on any atom is -0.444 e. The molecule has 4 rings (SSSR count). The van der Waals surface area contributed by atoms with Crippen molar-refractivity contribution in [3.63, 3.8) is 0 Å². The van der Waals surface area contributed by atoms with Crippen LogP contribution < -0.4 is 15.5 Å².